The van der Waals surface area contributed by atoms with E-state index in [9.17, 15) is 9.59 Å². The first-order valence-corrected chi connectivity index (χ1v) is 12.0. The van der Waals surface area contributed by atoms with Gasteiger partial charge >= 0.3 is 0 Å². The number of nitrogens with one attached hydrogen (secondary N) is 3. The number of rotatable bonds is 4. The van der Waals surface area contributed by atoms with E-state index in [0.29, 0.717) is 39.9 Å². The molecule has 2 heterocycles. The summed E-state index contributed by atoms with van der Waals surface area (Å²) in [6, 6.07) is 13.0. The fourth-order valence-corrected chi connectivity index (χ4v) is 5.70. The molecule has 2 aliphatic carbocycles. The number of carbonyl (C=O) groups is 2. The van der Waals surface area contributed by atoms with Gasteiger partial charge in [-0.25, -0.2) is 9.97 Å². The van der Waals surface area contributed by atoms with Crippen molar-refractivity contribution in [2.45, 2.75) is 38.1 Å². The molecule has 0 saturated heterocycles. The first kappa shape index (κ1) is 21.1. The molecule has 1 unspecified atom stereocenters. The SMILES string of the molecule is O=C1Cc2cnc(Nc3ccc(C(=O)N[C@@H]4CC5CC[C@@H]4C5)cc3)nc2-c2ccc(Cl)cc2N1. The molecule has 0 radical (unpaired) electrons. The average molecular weight is 474 g/mol. The van der Waals surface area contributed by atoms with E-state index in [1.54, 1.807) is 18.3 Å². The van der Waals surface area contributed by atoms with E-state index in [1.807, 2.05) is 30.3 Å². The highest BCUT2D eigenvalue weighted by Gasteiger charge is 2.40. The van der Waals surface area contributed by atoms with E-state index in [4.69, 9.17) is 11.6 Å². The highest BCUT2D eigenvalue weighted by molar-refractivity contribution is 6.31. The molecular formula is C26H24ClN5O2. The first-order valence-electron chi connectivity index (χ1n) is 11.7. The number of carbonyl (C=O) groups excluding carboxylic acids is 2. The monoisotopic (exact) mass is 473 g/mol. The molecule has 172 valence electrons. The van der Waals surface area contributed by atoms with Crippen LogP contribution in [0.25, 0.3) is 11.3 Å². The van der Waals surface area contributed by atoms with E-state index in [-0.39, 0.29) is 18.2 Å². The number of amides is 2. The summed E-state index contributed by atoms with van der Waals surface area (Å²) in [4.78, 5) is 34.1. The molecule has 34 heavy (non-hydrogen) atoms. The van der Waals surface area contributed by atoms with Crippen LogP contribution in [-0.2, 0) is 11.2 Å². The van der Waals surface area contributed by atoms with Crippen LogP contribution in [-0.4, -0.2) is 27.8 Å². The van der Waals surface area contributed by atoms with Crippen molar-refractivity contribution in [1.29, 1.82) is 0 Å². The third-order valence-electron chi connectivity index (χ3n) is 7.18. The van der Waals surface area contributed by atoms with Gasteiger partial charge in [0, 0.05) is 39.6 Å². The van der Waals surface area contributed by atoms with Gasteiger partial charge in [0.15, 0.2) is 0 Å². The standard InChI is InChI=1S/C26H24ClN5O2/c27-18-5-8-20-22(12-18)30-23(33)11-17-13-28-26(32-24(17)20)29-19-6-3-15(4-7-19)25(34)31-21-10-14-1-2-16(21)9-14/h3-8,12-14,16,21H,1-2,9-11H2,(H,30,33)(H,31,34)(H,28,29,32)/t14?,16-,21-/m1/s1. The van der Waals surface area contributed by atoms with Crippen LogP contribution in [0, 0.1) is 11.8 Å². The van der Waals surface area contributed by atoms with Crippen molar-refractivity contribution >= 4 is 40.7 Å². The minimum absolute atomic E-state index is 0.0159. The van der Waals surface area contributed by atoms with Gasteiger partial charge in [-0.15, -0.1) is 0 Å². The van der Waals surface area contributed by atoms with Crippen LogP contribution in [0.5, 0.6) is 0 Å². The maximum Gasteiger partial charge on any atom is 0.251 e. The van der Waals surface area contributed by atoms with Crippen molar-refractivity contribution in [3.8, 4) is 11.3 Å². The number of halogens is 1. The van der Waals surface area contributed by atoms with Crippen molar-refractivity contribution in [3.05, 3.63) is 64.8 Å². The van der Waals surface area contributed by atoms with Crippen LogP contribution in [0.4, 0.5) is 17.3 Å². The van der Waals surface area contributed by atoms with Gasteiger partial charge in [0.25, 0.3) is 5.91 Å². The summed E-state index contributed by atoms with van der Waals surface area (Å²) in [5.74, 6) is 1.70. The number of fused-ring (bicyclic) bond motifs is 5. The zero-order chi connectivity index (χ0) is 23.2. The largest absolute Gasteiger partial charge is 0.349 e. The number of hydrogen-bond donors (Lipinski definition) is 3. The molecule has 3 aliphatic rings. The lowest BCUT2D eigenvalue weighted by molar-refractivity contribution is -0.115. The van der Waals surface area contributed by atoms with E-state index < -0.39 is 0 Å². The van der Waals surface area contributed by atoms with Crippen molar-refractivity contribution in [2.24, 2.45) is 11.8 Å². The van der Waals surface area contributed by atoms with Crippen LogP contribution in [0.2, 0.25) is 5.02 Å². The van der Waals surface area contributed by atoms with E-state index >= 15 is 0 Å². The predicted molar refractivity (Wildman–Crippen MR) is 131 cm³/mol. The van der Waals surface area contributed by atoms with Gasteiger partial charge in [0.05, 0.1) is 17.8 Å². The van der Waals surface area contributed by atoms with Gasteiger partial charge in [-0.1, -0.05) is 18.0 Å². The van der Waals surface area contributed by atoms with Crippen LogP contribution in [0.15, 0.2) is 48.7 Å². The summed E-state index contributed by atoms with van der Waals surface area (Å²) in [5, 5.41) is 9.85. The molecule has 1 aliphatic heterocycles. The second kappa shape index (κ2) is 8.40. The van der Waals surface area contributed by atoms with Gasteiger partial charge < -0.3 is 16.0 Å². The Kier molecular flexibility index (Phi) is 5.21. The summed E-state index contributed by atoms with van der Waals surface area (Å²) < 4.78 is 0. The molecular weight excluding hydrogens is 450 g/mol. The lowest BCUT2D eigenvalue weighted by atomic mass is 9.95. The summed E-state index contributed by atoms with van der Waals surface area (Å²) in [7, 11) is 0. The molecule has 2 fully saturated rings. The number of hydrogen-bond acceptors (Lipinski definition) is 5. The zero-order valence-corrected chi connectivity index (χ0v) is 19.2. The number of aromatic nitrogens is 2. The van der Waals surface area contributed by atoms with Crippen molar-refractivity contribution < 1.29 is 9.59 Å². The van der Waals surface area contributed by atoms with E-state index in [2.05, 4.69) is 25.9 Å². The van der Waals surface area contributed by atoms with Gasteiger partial charge in [0.1, 0.15) is 0 Å². The molecule has 2 amide bonds. The van der Waals surface area contributed by atoms with Crippen LogP contribution < -0.4 is 16.0 Å². The maximum atomic E-state index is 12.7. The third-order valence-corrected chi connectivity index (χ3v) is 7.42. The molecule has 2 saturated carbocycles. The minimum Gasteiger partial charge on any atom is -0.349 e. The molecule has 3 atom stereocenters. The van der Waals surface area contributed by atoms with Gasteiger partial charge in [-0.05, 0) is 73.6 Å². The Morgan fingerprint density at radius 2 is 1.94 bits per heavy atom. The molecule has 7 nitrogen and oxygen atoms in total. The summed E-state index contributed by atoms with van der Waals surface area (Å²) in [6.07, 6.45) is 6.78. The Balaban J connectivity index is 1.19. The zero-order valence-electron chi connectivity index (χ0n) is 18.5. The van der Waals surface area contributed by atoms with Gasteiger partial charge in [-0.2, -0.15) is 0 Å². The van der Waals surface area contributed by atoms with Gasteiger partial charge in [0.2, 0.25) is 11.9 Å². The Hall–Kier alpha value is -3.45. The predicted octanol–water partition coefficient (Wildman–Crippen LogP) is 4.95. The topological polar surface area (TPSA) is 96.0 Å². The van der Waals surface area contributed by atoms with Crippen molar-refractivity contribution in [3.63, 3.8) is 0 Å². The number of anilines is 3. The summed E-state index contributed by atoms with van der Waals surface area (Å²) in [6.45, 7) is 0. The fraction of sp³-hybridized carbons (Fsp3) is 0.308. The fourth-order valence-electron chi connectivity index (χ4n) is 5.53. The lowest BCUT2D eigenvalue weighted by Crippen LogP contribution is -2.38. The van der Waals surface area contributed by atoms with Crippen LogP contribution in [0.1, 0.15) is 41.6 Å². The molecule has 2 bridgehead atoms. The Labute approximate surface area is 202 Å². The quantitative estimate of drug-likeness (QED) is 0.498. The molecule has 8 heteroatoms. The summed E-state index contributed by atoms with van der Waals surface area (Å²) >= 11 is 6.12. The smallest absolute Gasteiger partial charge is 0.251 e. The highest BCUT2D eigenvalue weighted by Crippen LogP contribution is 2.44. The summed E-state index contributed by atoms with van der Waals surface area (Å²) in [5.41, 5.74) is 4.28. The first-order chi connectivity index (χ1) is 16.5. The van der Waals surface area contributed by atoms with Crippen LogP contribution in [0.3, 0.4) is 0 Å². The molecule has 2 aromatic carbocycles. The van der Waals surface area contributed by atoms with Gasteiger partial charge in [-0.3, -0.25) is 9.59 Å². The van der Waals surface area contributed by atoms with Crippen molar-refractivity contribution in [2.75, 3.05) is 10.6 Å². The van der Waals surface area contributed by atoms with E-state index in [0.717, 1.165) is 29.2 Å². The Morgan fingerprint density at radius 3 is 2.71 bits per heavy atom. The third kappa shape index (κ3) is 4.01. The van der Waals surface area contributed by atoms with Crippen molar-refractivity contribution in [1.82, 2.24) is 15.3 Å². The second-order valence-electron chi connectivity index (χ2n) is 9.44. The highest BCUT2D eigenvalue weighted by atomic mass is 35.5. The molecule has 1 aromatic heterocycles. The van der Waals surface area contributed by atoms with Crippen LogP contribution >= 0.6 is 11.6 Å². The number of nitrogens with zero attached hydrogens (tertiary/aromatic N) is 2. The molecule has 3 aromatic rings. The number of benzene rings is 2. The minimum atomic E-state index is -0.133. The second-order valence-corrected chi connectivity index (χ2v) is 9.88. The maximum absolute atomic E-state index is 12.7. The Morgan fingerprint density at radius 1 is 1.09 bits per heavy atom. The molecule has 0 spiro atoms. The Bertz CT molecular complexity index is 1290. The molecule has 6 rings (SSSR count). The normalized spacial score (nSPS) is 22.4. The average Bonchev–Trinajstić information content (AvgIpc) is 3.41. The molecule has 3 N–H and O–H groups in total. The lowest BCUT2D eigenvalue weighted by Gasteiger charge is -2.22. The van der Waals surface area contributed by atoms with E-state index in [1.165, 1.54) is 19.3 Å².